The quantitative estimate of drug-likeness (QED) is 0.385. The van der Waals surface area contributed by atoms with E-state index in [1.54, 1.807) is 13.0 Å². The molecule has 0 radical (unpaired) electrons. The average molecular weight is 377 g/mol. The first-order valence-corrected chi connectivity index (χ1v) is 7.67. The Labute approximate surface area is 126 Å². The van der Waals surface area contributed by atoms with E-state index in [-0.39, 0.29) is 12.7 Å². The summed E-state index contributed by atoms with van der Waals surface area (Å²) in [5.74, 6) is 0.549. The van der Waals surface area contributed by atoms with Gasteiger partial charge >= 0.3 is 7.12 Å². The van der Waals surface area contributed by atoms with Crippen molar-refractivity contribution in [2.75, 3.05) is 13.2 Å². The van der Waals surface area contributed by atoms with E-state index in [0.29, 0.717) is 17.8 Å². The Morgan fingerprint density at radius 3 is 2.89 bits per heavy atom. The number of aliphatic hydroxyl groups is 1. The summed E-state index contributed by atoms with van der Waals surface area (Å²) < 4.78 is 11.8. The molecule has 0 amide bonds. The van der Waals surface area contributed by atoms with Gasteiger partial charge in [0.15, 0.2) is 0 Å². The second-order valence-corrected chi connectivity index (χ2v) is 5.32. The number of nitrogens with two attached hydrogens (primary N) is 1. The monoisotopic (exact) mass is 377 g/mol. The fraction of sp³-hybridized carbons (Fsp3) is 0.500. The van der Waals surface area contributed by atoms with Crippen LogP contribution in [-0.4, -0.2) is 36.5 Å². The van der Waals surface area contributed by atoms with E-state index >= 15 is 0 Å². The highest BCUT2D eigenvalue weighted by Crippen LogP contribution is 2.31. The predicted octanol–water partition coefficient (Wildman–Crippen LogP) is 0.0987. The molecule has 0 saturated carbocycles. The molecular formula is C12H17BINO4. The van der Waals surface area contributed by atoms with Gasteiger partial charge in [-0.05, 0) is 24.1 Å². The third-order valence-electron chi connectivity index (χ3n) is 3.04. The van der Waals surface area contributed by atoms with Crippen molar-refractivity contribution in [1.29, 1.82) is 0 Å². The van der Waals surface area contributed by atoms with Gasteiger partial charge in [0.2, 0.25) is 0 Å². The highest BCUT2D eigenvalue weighted by molar-refractivity contribution is 14.1. The molecule has 1 aliphatic rings. The summed E-state index contributed by atoms with van der Waals surface area (Å²) in [7, 11) is -1.02. The molecule has 1 aromatic carbocycles. The molecule has 0 saturated heterocycles. The fourth-order valence-electron chi connectivity index (χ4n) is 2.21. The molecule has 2 rings (SSSR count). The fourth-order valence-corrected chi connectivity index (χ4v) is 2.88. The maximum Gasteiger partial charge on any atom is 0.495 e. The molecule has 19 heavy (non-hydrogen) atoms. The number of alkyl halides is 1. The highest BCUT2D eigenvalue weighted by atomic mass is 127. The standard InChI is InChI=1S/C12H17BINO4/c1-7(16)6-18-9-3-2-8(4-14)11-10(5-15)19-13(17)12(9)11/h2-3,7,10,16-17H,4-6,15H2,1H3. The molecule has 0 aliphatic carbocycles. The lowest BCUT2D eigenvalue weighted by Gasteiger charge is -2.15. The number of hydrogen-bond acceptors (Lipinski definition) is 5. The first-order chi connectivity index (χ1) is 9.08. The molecule has 104 valence electrons. The highest BCUT2D eigenvalue weighted by Gasteiger charge is 2.39. The Bertz CT molecular complexity index is 458. The van der Waals surface area contributed by atoms with Crippen molar-refractivity contribution in [2.24, 2.45) is 5.73 Å². The van der Waals surface area contributed by atoms with Crippen LogP contribution in [0.15, 0.2) is 12.1 Å². The molecule has 2 atom stereocenters. The second kappa shape index (κ2) is 6.40. The normalized spacial score (nSPS) is 19.4. The number of hydrogen-bond donors (Lipinski definition) is 3. The van der Waals surface area contributed by atoms with E-state index in [9.17, 15) is 10.1 Å². The number of fused-ring (bicyclic) bond motifs is 1. The van der Waals surface area contributed by atoms with Crippen LogP contribution in [0.2, 0.25) is 0 Å². The van der Waals surface area contributed by atoms with E-state index in [0.717, 1.165) is 15.6 Å². The van der Waals surface area contributed by atoms with Crippen LogP contribution in [0.25, 0.3) is 0 Å². The average Bonchev–Trinajstić information content (AvgIpc) is 2.74. The number of halogens is 1. The molecule has 0 fully saturated rings. The maximum atomic E-state index is 10.0. The summed E-state index contributed by atoms with van der Waals surface area (Å²) >= 11 is 2.27. The summed E-state index contributed by atoms with van der Waals surface area (Å²) in [6.45, 7) is 2.14. The Balaban J connectivity index is 2.40. The smallest absolute Gasteiger partial charge is 0.491 e. The summed E-state index contributed by atoms with van der Waals surface area (Å²) in [4.78, 5) is 0. The summed E-state index contributed by atoms with van der Waals surface area (Å²) in [6, 6.07) is 3.76. The topological polar surface area (TPSA) is 84.9 Å². The Morgan fingerprint density at radius 1 is 1.58 bits per heavy atom. The van der Waals surface area contributed by atoms with Crippen LogP contribution in [0.4, 0.5) is 0 Å². The largest absolute Gasteiger partial charge is 0.495 e. The summed E-state index contributed by atoms with van der Waals surface area (Å²) in [5, 5.41) is 19.3. The van der Waals surface area contributed by atoms with Gasteiger partial charge in [-0.2, -0.15) is 0 Å². The van der Waals surface area contributed by atoms with Crippen LogP contribution in [0, 0.1) is 0 Å². The minimum atomic E-state index is -1.02. The van der Waals surface area contributed by atoms with Crippen LogP contribution in [0.5, 0.6) is 5.75 Å². The second-order valence-electron chi connectivity index (χ2n) is 4.56. The van der Waals surface area contributed by atoms with Crippen molar-refractivity contribution in [1.82, 2.24) is 0 Å². The van der Waals surface area contributed by atoms with E-state index < -0.39 is 13.2 Å². The molecule has 1 aromatic rings. The number of ether oxygens (including phenoxy) is 1. The molecular weight excluding hydrogens is 360 g/mol. The lowest BCUT2D eigenvalue weighted by atomic mass is 9.77. The van der Waals surface area contributed by atoms with Crippen LogP contribution < -0.4 is 15.9 Å². The van der Waals surface area contributed by atoms with Gasteiger partial charge in [-0.25, -0.2) is 0 Å². The van der Waals surface area contributed by atoms with Gasteiger partial charge in [0.25, 0.3) is 0 Å². The molecule has 4 N–H and O–H groups in total. The zero-order chi connectivity index (χ0) is 14.0. The molecule has 1 aliphatic heterocycles. The Hall–Kier alpha value is -0.345. The minimum Gasteiger partial charge on any atom is -0.491 e. The first kappa shape index (κ1) is 15.1. The van der Waals surface area contributed by atoms with Crippen molar-refractivity contribution in [2.45, 2.75) is 23.6 Å². The van der Waals surface area contributed by atoms with E-state index in [1.807, 2.05) is 6.07 Å². The van der Waals surface area contributed by atoms with Crippen molar-refractivity contribution < 1.29 is 19.5 Å². The van der Waals surface area contributed by atoms with Gasteiger partial charge in [-0.3, -0.25) is 0 Å². The van der Waals surface area contributed by atoms with Gasteiger partial charge in [0.05, 0.1) is 12.2 Å². The van der Waals surface area contributed by atoms with Crippen LogP contribution >= 0.6 is 22.6 Å². The number of benzene rings is 1. The molecule has 0 aromatic heterocycles. The molecule has 1 heterocycles. The minimum absolute atomic E-state index is 0.177. The SMILES string of the molecule is CC(O)COc1ccc(CI)c2c1B(O)OC2CN. The van der Waals surface area contributed by atoms with Crippen molar-refractivity contribution in [3.63, 3.8) is 0 Å². The van der Waals surface area contributed by atoms with E-state index in [4.69, 9.17) is 15.1 Å². The van der Waals surface area contributed by atoms with Crippen LogP contribution in [0.1, 0.15) is 24.2 Å². The van der Waals surface area contributed by atoms with Crippen molar-refractivity contribution in [3.05, 3.63) is 23.3 Å². The lowest BCUT2D eigenvalue weighted by molar-refractivity contribution is 0.123. The Morgan fingerprint density at radius 2 is 2.32 bits per heavy atom. The number of rotatable bonds is 5. The van der Waals surface area contributed by atoms with Gasteiger partial charge in [-0.1, -0.05) is 28.7 Å². The third kappa shape index (κ3) is 3.05. The maximum absolute atomic E-state index is 10.0. The molecule has 5 nitrogen and oxygen atoms in total. The van der Waals surface area contributed by atoms with Crippen molar-refractivity contribution in [3.8, 4) is 5.75 Å². The molecule has 2 unspecified atom stereocenters. The van der Waals surface area contributed by atoms with Gasteiger partial charge in [0, 0.05) is 16.4 Å². The van der Waals surface area contributed by atoms with Crippen LogP contribution in [-0.2, 0) is 9.08 Å². The van der Waals surface area contributed by atoms with E-state index in [1.165, 1.54) is 0 Å². The van der Waals surface area contributed by atoms with Crippen LogP contribution in [0.3, 0.4) is 0 Å². The molecule has 0 spiro atoms. The van der Waals surface area contributed by atoms with Gasteiger partial charge < -0.3 is 25.3 Å². The molecule has 7 heteroatoms. The van der Waals surface area contributed by atoms with E-state index in [2.05, 4.69) is 22.6 Å². The number of aliphatic hydroxyl groups excluding tert-OH is 1. The zero-order valence-electron chi connectivity index (χ0n) is 10.7. The zero-order valence-corrected chi connectivity index (χ0v) is 12.8. The van der Waals surface area contributed by atoms with Gasteiger partial charge in [-0.15, -0.1) is 0 Å². The van der Waals surface area contributed by atoms with Crippen molar-refractivity contribution >= 4 is 35.2 Å². The first-order valence-electron chi connectivity index (χ1n) is 6.14. The third-order valence-corrected chi connectivity index (χ3v) is 3.86. The predicted molar refractivity (Wildman–Crippen MR) is 81.8 cm³/mol. The molecule has 0 bridgehead atoms. The van der Waals surface area contributed by atoms with Gasteiger partial charge in [0.1, 0.15) is 12.4 Å². The summed E-state index contributed by atoms with van der Waals surface area (Å²) in [5.41, 5.74) is 8.34. The Kier molecular flexibility index (Phi) is 5.07. The summed E-state index contributed by atoms with van der Waals surface area (Å²) in [6.07, 6.45) is -0.866. The lowest BCUT2D eigenvalue weighted by Crippen LogP contribution is -2.31.